The van der Waals surface area contributed by atoms with Crippen LogP contribution in [0.2, 0.25) is 0 Å². The van der Waals surface area contributed by atoms with Gasteiger partial charge in [-0.2, -0.15) is 13.2 Å². The van der Waals surface area contributed by atoms with Gasteiger partial charge in [0.25, 0.3) is 0 Å². The SMILES string of the molecule is COc1cccc(N2CCN(C(=Nc3c(F)cccc3/C=C/C(=O)O)Nc3cc(C(F)(F)F)ccc3OC)CC2)c1. The number of hydrogen-bond acceptors (Lipinski definition) is 5. The number of aliphatic imine (C=N–C) groups is 1. The molecule has 0 aliphatic carbocycles. The van der Waals surface area contributed by atoms with Crippen LogP contribution in [-0.4, -0.2) is 62.3 Å². The fraction of sp³-hybridized carbons (Fsp3) is 0.241. The molecular formula is C29H28F4N4O4. The quantitative estimate of drug-likeness (QED) is 0.158. The molecule has 0 spiro atoms. The Balaban J connectivity index is 1.73. The van der Waals surface area contributed by atoms with Crippen LogP contribution in [0.3, 0.4) is 0 Å². The van der Waals surface area contributed by atoms with Gasteiger partial charge in [-0.05, 0) is 42.5 Å². The Morgan fingerprint density at radius 1 is 1.00 bits per heavy atom. The summed E-state index contributed by atoms with van der Waals surface area (Å²) in [4.78, 5) is 19.5. The third kappa shape index (κ3) is 7.27. The number of guanidine groups is 1. The summed E-state index contributed by atoms with van der Waals surface area (Å²) < 4.78 is 66.2. The topological polar surface area (TPSA) is 86.6 Å². The van der Waals surface area contributed by atoms with E-state index in [9.17, 15) is 18.0 Å². The molecule has 1 aliphatic rings. The van der Waals surface area contributed by atoms with E-state index in [-0.39, 0.29) is 28.6 Å². The van der Waals surface area contributed by atoms with Gasteiger partial charge in [-0.15, -0.1) is 0 Å². The second-order valence-corrected chi connectivity index (χ2v) is 9.00. The van der Waals surface area contributed by atoms with Crippen molar-refractivity contribution in [3.8, 4) is 11.5 Å². The standard InChI is InChI=1S/C29H28F4N4O4/c1-40-22-7-4-6-21(18-22)36-13-15-37(16-14-36)28(34-24-17-20(29(31,32)33)10-11-25(24)41-2)35-27-19(9-12-26(38)39)5-3-8-23(27)30/h3-12,17-18H,13-16H2,1-2H3,(H,34,35)(H,38,39)/b12-9+. The van der Waals surface area contributed by atoms with Gasteiger partial charge in [0.2, 0.25) is 5.96 Å². The zero-order valence-corrected chi connectivity index (χ0v) is 22.3. The maximum Gasteiger partial charge on any atom is 0.416 e. The molecular weight excluding hydrogens is 544 g/mol. The molecule has 0 saturated carbocycles. The van der Waals surface area contributed by atoms with Crippen molar-refractivity contribution in [3.05, 3.63) is 83.7 Å². The second-order valence-electron chi connectivity index (χ2n) is 9.00. The zero-order chi connectivity index (χ0) is 29.6. The second kappa shape index (κ2) is 12.6. The van der Waals surface area contributed by atoms with Crippen molar-refractivity contribution in [1.82, 2.24) is 4.90 Å². The summed E-state index contributed by atoms with van der Waals surface area (Å²) in [6.07, 6.45) is -2.56. The molecule has 0 aromatic heterocycles. The molecule has 3 aromatic rings. The number of para-hydroxylation sites is 1. The van der Waals surface area contributed by atoms with Crippen molar-refractivity contribution in [2.45, 2.75) is 6.18 Å². The number of ether oxygens (including phenoxy) is 2. The van der Waals surface area contributed by atoms with Crippen molar-refractivity contribution >= 4 is 35.1 Å². The molecule has 2 N–H and O–H groups in total. The van der Waals surface area contributed by atoms with E-state index >= 15 is 4.39 Å². The van der Waals surface area contributed by atoms with Crippen LogP contribution >= 0.6 is 0 Å². The molecule has 216 valence electrons. The molecule has 3 aromatic carbocycles. The van der Waals surface area contributed by atoms with Gasteiger partial charge in [-0.1, -0.05) is 18.2 Å². The molecule has 12 heteroatoms. The number of piperazine rings is 1. The molecule has 0 amide bonds. The average molecular weight is 573 g/mol. The van der Waals surface area contributed by atoms with Crippen molar-refractivity contribution in [2.75, 3.05) is 50.6 Å². The Hall–Kier alpha value is -4.74. The number of methoxy groups -OCH3 is 2. The van der Waals surface area contributed by atoms with Gasteiger partial charge in [0, 0.05) is 49.6 Å². The average Bonchev–Trinajstić information content (AvgIpc) is 2.96. The Morgan fingerprint density at radius 3 is 2.39 bits per heavy atom. The Bertz CT molecular complexity index is 1450. The van der Waals surface area contributed by atoms with Gasteiger partial charge in [0.05, 0.1) is 25.5 Å². The number of alkyl halides is 3. The minimum atomic E-state index is -4.61. The first-order valence-electron chi connectivity index (χ1n) is 12.5. The van der Waals surface area contributed by atoms with Crippen LogP contribution in [0, 0.1) is 5.82 Å². The number of carboxylic acids is 1. The summed E-state index contributed by atoms with van der Waals surface area (Å²) in [5.41, 5.74) is 0.0193. The fourth-order valence-corrected chi connectivity index (χ4v) is 4.32. The molecule has 4 rings (SSSR count). The number of carbonyl (C=O) groups is 1. The number of halogens is 4. The summed E-state index contributed by atoms with van der Waals surface area (Å²) in [5.74, 6) is -1.07. The highest BCUT2D eigenvalue weighted by Gasteiger charge is 2.32. The van der Waals surface area contributed by atoms with Crippen LogP contribution in [0.4, 0.5) is 34.6 Å². The normalized spacial score (nSPS) is 14.3. The lowest BCUT2D eigenvalue weighted by Crippen LogP contribution is -2.50. The van der Waals surface area contributed by atoms with Gasteiger partial charge in [-0.3, -0.25) is 0 Å². The maximum absolute atomic E-state index is 15.0. The summed E-state index contributed by atoms with van der Waals surface area (Å²) in [6.45, 7) is 1.82. The van der Waals surface area contributed by atoms with Gasteiger partial charge >= 0.3 is 12.1 Å². The first-order valence-corrected chi connectivity index (χ1v) is 12.5. The first-order chi connectivity index (χ1) is 19.6. The number of benzene rings is 3. The maximum atomic E-state index is 15.0. The first kappa shape index (κ1) is 29.2. The molecule has 0 radical (unpaired) electrons. The van der Waals surface area contributed by atoms with Gasteiger partial charge in [0.15, 0.2) is 0 Å². The molecule has 0 bridgehead atoms. The van der Waals surface area contributed by atoms with E-state index in [1.54, 1.807) is 12.0 Å². The Morgan fingerprint density at radius 2 is 1.73 bits per heavy atom. The summed E-state index contributed by atoms with van der Waals surface area (Å²) in [6, 6.07) is 14.6. The predicted molar refractivity (Wildman–Crippen MR) is 149 cm³/mol. The lowest BCUT2D eigenvalue weighted by Gasteiger charge is -2.38. The lowest BCUT2D eigenvalue weighted by atomic mass is 10.1. The monoisotopic (exact) mass is 572 g/mol. The van der Waals surface area contributed by atoms with Gasteiger partial charge in [-0.25, -0.2) is 14.2 Å². The molecule has 1 saturated heterocycles. The van der Waals surface area contributed by atoms with Crippen LogP contribution in [0.25, 0.3) is 6.08 Å². The van der Waals surface area contributed by atoms with E-state index in [1.807, 2.05) is 24.3 Å². The van der Waals surface area contributed by atoms with Crippen molar-refractivity contribution in [3.63, 3.8) is 0 Å². The minimum absolute atomic E-state index is 0.0183. The van der Waals surface area contributed by atoms with E-state index in [1.165, 1.54) is 37.5 Å². The van der Waals surface area contributed by atoms with Gasteiger partial charge < -0.3 is 29.7 Å². The van der Waals surface area contributed by atoms with Crippen molar-refractivity contribution < 1.29 is 36.9 Å². The number of carboxylic acid groups (broad SMARTS) is 1. The third-order valence-electron chi connectivity index (χ3n) is 6.41. The molecule has 8 nitrogen and oxygen atoms in total. The van der Waals surface area contributed by atoms with Crippen LogP contribution in [0.1, 0.15) is 11.1 Å². The highest BCUT2D eigenvalue weighted by Crippen LogP contribution is 2.35. The van der Waals surface area contributed by atoms with E-state index in [0.29, 0.717) is 31.9 Å². The van der Waals surface area contributed by atoms with Crippen LogP contribution in [0.15, 0.2) is 71.7 Å². The smallest absolute Gasteiger partial charge is 0.416 e. The summed E-state index contributed by atoms with van der Waals surface area (Å²) >= 11 is 0. The van der Waals surface area contributed by atoms with Crippen molar-refractivity contribution in [2.24, 2.45) is 4.99 Å². The van der Waals surface area contributed by atoms with Crippen molar-refractivity contribution in [1.29, 1.82) is 0 Å². The summed E-state index contributed by atoms with van der Waals surface area (Å²) in [5, 5.41) is 12.0. The zero-order valence-electron chi connectivity index (χ0n) is 22.3. The number of nitrogens with zero attached hydrogens (tertiary/aromatic N) is 3. The van der Waals surface area contributed by atoms with Crippen LogP contribution in [0.5, 0.6) is 11.5 Å². The molecule has 0 atom stereocenters. The number of anilines is 2. The van der Waals surface area contributed by atoms with E-state index < -0.39 is 23.5 Å². The van der Waals surface area contributed by atoms with Crippen LogP contribution < -0.4 is 19.7 Å². The molecule has 41 heavy (non-hydrogen) atoms. The highest BCUT2D eigenvalue weighted by molar-refractivity contribution is 5.98. The molecule has 1 heterocycles. The minimum Gasteiger partial charge on any atom is -0.497 e. The van der Waals surface area contributed by atoms with Gasteiger partial charge in [0.1, 0.15) is 23.0 Å². The Labute approximate surface area is 234 Å². The van der Waals surface area contributed by atoms with E-state index in [4.69, 9.17) is 14.6 Å². The number of rotatable bonds is 7. The molecule has 1 aliphatic heterocycles. The van der Waals surface area contributed by atoms with E-state index in [2.05, 4.69) is 15.2 Å². The largest absolute Gasteiger partial charge is 0.497 e. The Kier molecular flexibility index (Phi) is 9.00. The predicted octanol–water partition coefficient (Wildman–Crippen LogP) is 5.88. The number of hydrogen-bond donors (Lipinski definition) is 2. The molecule has 1 fully saturated rings. The fourth-order valence-electron chi connectivity index (χ4n) is 4.32. The third-order valence-corrected chi connectivity index (χ3v) is 6.41. The highest BCUT2D eigenvalue weighted by atomic mass is 19.4. The number of aliphatic carboxylic acids is 1. The molecule has 0 unspecified atom stereocenters. The lowest BCUT2D eigenvalue weighted by molar-refractivity contribution is -0.137. The summed E-state index contributed by atoms with van der Waals surface area (Å²) in [7, 11) is 2.90. The van der Waals surface area contributed by atoms with Crippen LogP contribution in [-0.2, 0) is 11.0 Å². The van der Waals surface area contributed by atoms with E-state index in [0.717, 1.165) is 23.9 Å². The number of nitrogens with one attached hydrogen (secondary N) is 1.